The second-order valence-electron chi connectivity index (χ2n) is 4.14. The number of thiazole rings is 1. The molecule has 4 heteroatoms. The highest BCUT2D eigenvalue weighted by molar-refractivity contribution is 7.13. The summed E-state index contributed by atoms with van der Waals surface area (Å²) in [6.45, 7) is 0. The summed E-state index contributed by atoms with van der Waals surface area (Å²) in [5.74, 6) is -0.401. The van der Waals surface area contributed by atoms with Crippen LogP contribution in [0.5, 0.6) is 0 Å². The maximum atomic E-state index is 13.1. The Morgan fingerprint density at radius 1 is 1.00 bits per heavy atom. The van der Waals surface area contributed by atoms with E-state index in [1.165, 1.54) is 6.07 Å². The van der Waals surface area contributed by atoms with E-state index in [4.69, 9.17) is 5.73 Å². The summed E-state index contributed by atoms with van der Waals surface area (Å²) in [6, 6.07) is 14.6. The van der Waals surface area contributed by atoms with Crippen LogP contribution in [-0.4, -0.2) is 4.98 Å². The first-order valence-corrected chi connectivity index (χ1v) is 6.68. The van der Waals surface area contributed by atoms with E-state index in [-0.39, 0.29) is 5.69 Å². The van der Waals surface area contributed by atoms with Crippen molar-refractivity contribution in [2.45, 2.75) is 0 Å². The van der Waals surface area contributed by atoms with Crippen LogP contribution in [0.1, 0.15) is 0 Å². The van der Waals surface area contributed by atoms with Gasteiger partial charge in [0.1, 0.15) is 10.8 Å². The first-order valence-electron chi connectivity index (χ1n) is 5.80. The van der Waals surface area contributed by atoms with Gasteiger partial charge in [-0.15, -0.1) is 11.3 Å². The molecule has 0 amide bonds. The van der Waals surface area contributed by atoms with E-state index in [0.717, 1.165) is 21.8 Å². The molecule has 0 bridgehead atoms. The number of nitrogens with two attached hydrogens (primary N) is 1. The van der Waals surface area contributed by atoms with Crippen molar-refractivity contribution in [3.8, 4) is 21.8 Å². The van der Waals surface area contributed by atoms with Gasteiger partial charge in [-0.3, -0.25) is 0 Å². The van der Waals surface area contributed by atoms with E-state index in [9.17, 15) is 4.39 Å². The number of halogens is 1. The van der Waals surface area contributed by atoms with Gasteiger partial charge in [-0.05, 0) is 18.2 Å². The van der Waals surface area contributed by atoms with Crippen LogP contribution < -0.4 is 5.73 Å². The average Bonchev–Trinajstić information content (AvgIpc) is 2.93. The number of anilines is 1. The molecule has 2 nitrogen and oxygen atoms in total. The fraction of sp³-hybridized carbons (Fsp3) is 0. The van der Waals surface area contributed by atoms with Crippen molar-refractivity contribution >= 4 is 17.0 Å². The summed E-state index contributed by atoms with van der Waals surface area (Å²) in [7, 11) is 0. The fourth-order valence-corrected chi connectivity index (χ4v) is 2.66. The van der Waals surface area contributed by atoms with Crippen molar-refractivity contribution in [3.63, 3.8) is 0 Å². The zero-order valence-corrected chi connectivity index (χ0v) is 10.8. The Morgan fingerprint density at radius 2 is 1.79 bits per heavy atom. The molecule has 0 spiro atoms. The lowest BCUT2D eigenvalue weighted by atomic mass is 10.1. The van der Waals surface area contributed by atoms with Crippen molar-refractivity contribution in [1.29, 1.82) is 0 Å². The molecule has 19 heavy (non-hydrogen) atoms. The highest BCUT2D eigenvalue weighted by atomic mass is 32.1. The standard InChI is InChI=1S/C15H11FN2S/c16-12-7-6-11(8-13(12)17)14-9-19-15(18-14)10-4-2-1-3-5-10/h1-9H,17H2. The smallest absolute Gasteiger partial charge is 0.146 e. The molecule has 0 aliphatic rings. The van der Waals surface area contributed by atoms with E-state index in [0.29, 0.717) is 0 Å². The molecule has 1 aromatic heterocycles. The van der Waals surface area contributed by atoms with Crippen LogP contribution in [-0.2, 0) is 0 Å². The Kier molecular flexibility index (Phi) is 3.01. The number of benzene rings is 2. The van der Waals surface area contributed by atoms with Gasteiger partial charge in [-0.2, -0.15) is 0 Å². The number of aromatic nitrogens is 1. The predicted octanol–water partition coefficient (Wildman–Crippen LogP) is 4.20. The normalized spacial score (nSPS) is 10.6. The monoisotopic (exact) mass is 270 g/mol. The lowest BCUT2D eigenvalue weighted by molar-refractivity contribution is 0.632. The second-order valence-corrected chi connectivity index (χ2v) is 5.00. The van der Waals surface area contributed by atoms with Crippen LogP contribution in [0.4, 0.5) is 10.1 Å². The first kappa shape index (κ1) is 11.9. The molecule has 0 aliphatic carbocycles. The molecule has 3 aromatic rings. The van der Waals surface area contributed by atoms with Crippen molar-refractivity contribution in [1.82, 2.24) is 4.98 Å². The van der Waals surface area contributed by atoms with Gasteiger partial charge in [0, 0.05) is 16.5 Å². The molecule has 3 rings (SSSR count). The average molecular weight is 270 g/mol. The van der Waals surface area contributed by atoms with Gasteiger partial charge < -0.3 is 5.73 Å². The molecule has 0 aliphatic heterocycles. The lowest BCUT2D eigenvalue weighted by Crippen LogP contribution is -1.90. The van der Waals surface area contributed by atoms with Crippen molar-refractivity contribution in [2.75, 3.05) is 5.73 Å². The molecule has 0 radical (unpaired) electrons. The van der Waals surface area contributed by atoms with E-state index >= 15 is 0 Å². The topological polar surface area (TPSA) is 38.9 Å². The quantitative estimate of drug-likeness (QED) is 0.709. The summed E-state index contributed by atoms with van der Waals surface area (Å²) in [5.41, 5.74) is 8.45. The number of nitrogen functional groups attached to an aromatic ring is 1. The highest BCUT2D eigenvalue weighted by Gasteiger charge is 2.08. The minimum absolute atomic E-state index is 0.145. The Morgan fingerprint density at radius 3 is 2.53 bits per heavy atom. The zero-order valence-electron chi connectivity index (χ0n) is 10.0. The van der Waals surface area contributed by atoms with Gasteiger partial charge in [0.05, 0.1) is 11.4 Å². The third-order valence-electron chi connectivity index (χ3n) is 2.82. The van der Waals surface area contributed by atoms with Crippen LogP contribution in [0.3, 0.4) is 0 Å². The summed E-state index contributed by atoms with van der Waals surface area (Å²) in [6.07, 6.45) is 0. The molecule has 0 saturated heterocycles. The van der Waals surface area contributed by atoms with Gasteiger partial charge in [0.25, 0.3) is 0 Å². The molecular formula is C15H11FN2S. The molecule has 2 aromatic carbocycles. The summed E-state index contributed by atoms with van der Waals surface area (Å²) in [5, 5.41) is 2.90. The van der Waals surface area contributed by atoms with Crippen molar-refractivity contribution in [3.05, 3.63) is 59.7 Å². The van der Waals surface area contributed by atoms with Crippen LogP contribution in [0.2, 0.25) is 0 Å². The highest BCUT2D eigenvalue weighted by Crippen LogP contribution is 2.29. The molecule has 1 heterocycles. The summed E-state index contributed by atoms with van der Waals surface area (Å²) in [4.78, 5) is 4.56. The number of hydrogen-bond donors (Lipinski definition) is 1. The maximum Gasteiger partial charge on any atom is 0.146 e. The van der Waals surface area contributed by atoms with Gasteiger partial charge in [-0.25, -0.2) is 9.37 Å². The lowest BCUT2D eigenvalue weighted by Gasteiger charge is -2.00. The van der Waals surface area contributed by atoms with Crippen LogP contribution in [0.15, 0.2) is 53.9 Å². The van der Waals surface area contributed by atoms with Crippen molar-refractivity contribution in [2.24, 2.45) is 0 Å². The summed E-state index contributed by atoms with van der Waals surface area (Å²) < 4.78 is 13.1. The Labute approximate surface area is 114 Å². The SMILES string of the molecule is Nc1cc(-c2csc(-c3ccccc3)n2)ccc1F. The molecule has 2 N–H and O–H groups in total. The van der Waals surface area contributed by atoms with Gasteiger partial charge in [-0.1, -0.05) is 30.3 Å². The molecule has 94 valence electrons. The van der Waals surface area contributed by atoms with E-state index in [1.54, 1.807) is 23.5 Å². The minimum atomic E-state index is -0.401. The Hall–Kier alpha value is -2.20. The number of hydrogen-bond acceptors (Lipinski definition) is 3. The minimum Gasteiger partial charge on any atom is -0.396 e. The first-order chi connectivity index (χ1) is 9.24. The molecular weight excluding hydrogens is 259 g/mol. The molecule has 0 atom stereocenters. The fourth-order valence-electron chi connectivity index (χ4n) is 1.82. The van der Waals surface area contributed by atoms with Crippen molar-refractivity contribution < 1.29 is 4.39 Å². The van der Waals surface area contributed by atoms with Gasteiger partial charge in [0.15, 0.2) is 0 Å². The third kappa shape index (κ3) is 2.35. The third-order valence-corrected chi connectivity index (χ3v) is 3.71. The second kappa shape index (κ2) is 4.82. The largest absolute Gasteiger partial charge is 0.396 e. The molecule has 0 saturated carbocycles. The van der Waals surface area contributed by atoms with E-state index in [1.807, 2.05) is 35.7 Å². The predicted molar refractivity (Wildman–Crippen MR) is 77.4 cm³/mol. The molecule has 0 fully saturated rings. The van der Waals surface area contributed by atoms with E-state index in [2.05, 4.69) is 4.98 Å². The maximum absolute atomic E-state index is 13.1. The van der Waals surface area contributed by atoms with E-state index < -0.39 is 5.82 Å². The summed E-state index contributed by atoms with van der Waals surface area (Å²) >= 11 is 1.56. The Bertz CT molecular complexity index is 707. The van der Waals surface area contributed by atoms with Crippen LogP contribution in [0, 0.1) is 5.82 Å². The number of rotatable bonds is 2. The zero-order chi connectivity index (χ0) is 13.2. The Balaban J connectivity index is 1.99. The number of nitrogens with zero attached hydrogens (tertiary/aromatic N) is 1. The van der Waals surface area contributed by atoms with Crippen LogP contribution >= 0.6 is 11.3 Å². The van der Waals surface area contributed by atoms with Crippen LogP contribution in [0.25, 0.3) is 21.8 Å². The molecule has 0 unspecified atom stereocenters. The van der Waals surface area contributed by atoms with Gasteiger partial charge >= 0.3 is 0 Å². The van der Waals surface area contributed by atoms with Gasteiger partial charge in [0.2, 0.25) is 0 Å².